The lowest BCUT2D eigenvalue weighted by Crippen LogP contribution is -2.06. The molecule has 0 fully saturated rings. The normalized spacial score (nSPS) is 10.1. The van der Waals surface area contributed by atoms with Gasteiger partial charge in [-0.25, -0.2) is 9.59 Å². The first-order valence-corrected chi connectivity index (χ1v) is 6.88. The van der Waals surface area contributed by atoms with E-state index < -0.39 is 22.5 Å². The average Bonchev–Trinajstić information content (AvgIpc) is 2.55. The highest BCUT2D eigenvalue weighted by Gasteiger charge is 2.23. The van der Waals surface area contributed by atoms with Gasteiger partial charge in [-0.1, -0.05) is 11.6 Å². The molecular formula is C15H11ClN2O6. The van der Waals surface area contributed by atoms with Crippen LogP contribution >= 0.6 is 11.6 Å². The van der Waals surface area contributed by atoms with Crippen LogP contribution in [0.3, 0.4) is 0 Å². The minimum absolute atomic E-state index is 0.0642. The number of carboxylic acid groups (broad SMARTS) is 1. The molecule has 9 heteroatoms. The Bertz CT molecular complexity index is 784. The number of carbonyl (C=O) groups is 2. The number of nitrogens with one attached hydrogen (secondary N) is 1. The number of nitrogens with zero attached hydrogens (tertiary/aromatic N) is 1. The first kappa shape index (κ1) is 17.2. The molecule has 0 bridgehead atoms. The van der Waals surface area contributed by atoms with E-state index in [1.54, 1.807) is 0 Å². The maximum absolute atomic E-state index is 11.4. The summed E-state index contributed by atoms with van der Waals surface area (Å²) in [6.45, 7) is 0. The maximum atomic E-state index is 11.4. The van der Waals surface area contributed by atoms with Gasteiger partial charge in [0.25, 0.3) is 5.69 Å². The van der Waals surface area contributed by atoms with Crippen LogP contribution in [0.4, 0.5) is 17.1 Å². The molecule has 0 aliphatic heterocycles. The quantitative estimate of drug-likeness (QED) is 0.481. The summed E-state index contributed by atoms with van der Waals surface area (Å²) < 4.78 is 4.57. The van der Waals surface area contributed by atoms with Gasteiger partial charge in [0.05, 0.1) is 23.2 Å². The molecule has 0 unspecified atom stereocenters. The molecule has 0 spiro atoms. The number of esters is 1. The summed E-state index contributed by atoms with van der Waals surface area (Å²) in [5.41, 5.74) is -0.381. The molecule has 0 aliphatic rings. The van der Waals surface area contributed by atoms with E-state index in [-0.39, 0.29) is 21.8 Å². The van der Waals surface area contributed by atoms with Crippen molar-refractivity contribution in [3.05, 3.63) is 62.7 Å². The maximum Gasteiger partial charge on any atom is 0.338 e. The molecule has 2 rings (SSSR count). The van der Waals surface area contributed by atoms with E-state index in [0.717, 1.165) is 12.1 Å². The van der Waals surface area contributed by atoms with Crippen molar-refractivity contribution in [1.29, 1.82) is 0 Å². The summed E-state index contributed by atoms with van der Waals surface area (Å²) in [6, 6.07) is 7.99. The van der Waals surface area contributed by atoms with Gasteiger partial charge >= 0.3 is 11.9 Å². The van der Waals surface area contributed by atoms with Gasteiger partial charge in [0.1, 0.15) is 5.69 Å². The lowest BCUT2D eigenvalue weighted by Gasteiger charge is -2.11. The summed E-state index contributed by atoms with van der Waals surface area (Å²) in [6.07, 6.45) is 0. The SMILES string of the molecule is COC(=O)c1ccc(Nc2c(C(=O)O)cc(Cl)cc2[N+](=O)[O-])cc1. The molecule has 0 radical (unpaired) electrons. The van der Waals surface area contributed by atoms with Crippen LogP contribution in [0.2, 0.25) is 5.02 Å². The number of carbonyl (C=O) groups excluding carboxylic acids is 1. The van der Waals surface area contributed by atoms with Gasteiger partial charge < -0.3 is 15.2 Å². The molecule has 0 amide bonds. The highest BCUT2D eigenvalue weighted by atomic mass is 35.5. The number of anilines is 2. The molecule has 0 saturated carbocycles. The first-order valence-electron chi connectivity index (χ1n) is 6.50. The average molecular weight is 351 g/mol. The van der Waals surface area contributed by atoms with Crippen LogP contribution in [0.15, 0.2) is 36.4 Å². The number of benzene rings is 2. The van der Waals surface area contributed by atoms with Gasteiger partial charge in [-0.3, -0.25) is 10.1 Å². The standard InChI is InChI=1S/C15H11ClN2O6/c1-24-15(21)8-2-4-10(5-3-8)17-13-11(14(19)20)6-9(16)7-12(13)18(22)23/h2-7,17H,1H3,(H,19,20). The van der Waals surface area contributed by atoms with Crippen LogP contribution < -0.4 is 5.32 Å². The fourth-order valence-corrected chi connectivity index (χ4v) is 2.20. The topological polar surface area (TPSA) is 119 Å². The molecule has 2 aromatic rings. The molecule has 8 nitrogen and oxygen atoms in total. The molecule has 0 atom stereocenters. The number of hydrogen-bond donors (Lipinski definition) is 2. The predicted octanol–water partition coefficient (Wildman–Crippen LogP) is 3.48. The van der Waals surface area contributed by atoms with E-state index in [9.17, 15) is 24.8 Å². The smallest absolute Gasteiger partial charge is 0.338 e. The van der Waals surface area contributed by atoms with Crippen molar-refractivity contribution in [2.75, 3.05) is 12.4 Å². The Morgan fingerprint density at radius 1 is 1.25 bits per heavy atom. The Labute approximate surface area is 140 Å². The van der Waals surface area contributed by atoms with Crippen molar-refractivity contribution in [3.8, 4) is 0 Å². The predicted molar refractivity (Wildman–Crippen MR) is 86.1 cm³/mol. The monoisotopic (exact) mass is 350 g/mol. The van der Waals surface area contributed by atoms with E-state index in [1.165, 1.54) is 31.4 Å². The molecule has 0 saturated heterocycles. The molecule has 2 N–H and O–H groups in total. The molecule has 0 aromatic heterocycles. The fourth-order valence-electron chi connectivity index (χ4n) is 1.99. The van der Waals surface area contributed by atoms with Gasteiger partial charge in [0, 0.05) is 16.8 Å². The number of rotatable bonds is 5. The van der Waals surface area contributed by atoms with E-state index in [1.807, 2.05) is 0 Å². The van der Waals surface area contributed by atoms with Crippen LogP contribution in [-0.2, 0) is 4.74 Å². The molecule has 124 valence electrons. The lowest BCUT2D eigenvalue weighted by molar-refractivity contribution is -0.383. The summed E-state index contributed by atoms with van der Waals surface area (Å²) in [5.74, 6) is -1.90. The first-order chi connectivity index (χ1) is 11.3. The Kier molecular flexibility index (Phi) is 5.00. The molecular weight excluding hydrogens is 340 g/mol. The second-order valence-electron chi connectivity index (χ2n) is 4.60. The zero-order chi connectivity index (χ0) is 17.9. The number of nitro groups is 1. The summed E-state index contributed by atoms with van der Waals surface area (Å²) in [5, 5.41) is 23.0. The Morgan fingerprint density at radius 2 is 1.88 bits per heavy atom. The van der Waals surface area contributed by atoms with Crippen molar-refractivity contribution in [3.63, 3.8) is 0 Å². The number of nitro benzene ring substituents is 1. The summed E-state index contributed by atoms with van der Waals surface area (Å²) >= 11 is 5.74. The second-order valence-corrected chi connectivity index (χ2v) is 5.04. The van der Waals surface area contributed by atoms with Gasteiger partial charge in [-0.2, -0.15) is 0 Å². The third kappa shape index (κ3) is 3.61. The Morgan fingerprint density at radius 3 is 2.38 bits per heavy atom. The Hall–Kier alpha value is -3.13. The minimum atomic E-state index is -1.37. The second kappa shape index (κ2) is 6.97. The third-order valence-electron chi connectivity index (χ3n) is 3.08. The number of aromatic carboxylic acids is 1. The van der Waals surface area contributed by atoms with Crippen LogP contribution in [0.5, 0.6) is 0 Å². The van der Waals surface area contributed by atoms with Crippen molar-refractivity contribution >= 4 is 40.6 Å². The Balaban J connectivity index is 2.46. The number of methoxy groups -OCH3 is 1. The van der Waals surface area contributed by atoms with Crippen LogP contribution in [-0.4, -0.2) is 29.1 Å². The number of ether oxygens (including phenoxy) is 1. The molecule has 24 heavy (non-hydrogen) atoms. The summed E-state index contributed by atoms with van der Waals surface area (Å²) in [4.78, 5) is 33.2. The van der Waals surface area contributed by atoms with Crippen molar-refractivity contribution < 1.29 is 24.4 Å². The van der Waals surface area contributed by atoms with Crippen molar-refractivity contribution in [2.45, 2.75) is 0 Å². The van der Waals surface area contributed by atoms with E-state index >= 15 is 0 Å². The third-order valence-corrected chi connectivity index (χ3v) is 3.30. The number of hydrogen-bond acceptors (Lipinski definition) is 6. The zero-order valence-corrected chi connectivity index (χ0v) is 13.0. The number of halogens is 1. The highest BCUT2D eigenvalue weighted by molar-refractivity contribution is 6.31. The van der Waals surface area contributed by atoms with E-state index in [0.29, 0.717) is 5.69 Å². The zero-order valence-electron chi connectivity index (χ0n) is 12.3. The molecule has 0 aliphatic carbocycles. The van der Waals surface area contributed by atoms with Crippen LogP contribution in [0.25, 0.3) is 0 Å². The molecule has 2 aromatic carbocycles. The van der Waals surface area contributed by atoms with Crippen molar-refractivity contribution in [2.24, 2.45) is 0 Å². The van der Waals surface area contributed by atoms with Gasteiger partial charge in [0.15, 0.2) is 0 Å². The van der Waals surface area contributed by atoms with E-state index in [4.69, 9.17) is 11.6 Å². The lowest BCUT2D eigenvalue weighted by atomic mass is 10.1. The van der Waals surface area contributed by atoms with Gasteiger partial charge in [0.2, 0.25) is 0 Å². The minimum Gasteiger partial charge on any atom is -0.478 e. The van der Waals surface area contributed by atoms with Crippen LogP contribution in [0.1, 0.15) is 20.7 Å². The van der Waals surface area contributed by atoms with Crippen molar-refractivity contribution in [1.82, 2.24) is 0 Å². The fraction of sp³-hybridized carbons (Fsp3) is 0.0667. The highest BCUT2D eigenvalue weighted by Crippen LogP contribution is 2.34. The molecule has 0 heterocycles. The van der Waals surface area contributed by atoms with E-state index in [2.05, 4.69) is 10.1 Å². The van der Waals surface area contributed by atoms with Gasteiger partial charge in [-0.15, -0.1) is 0 Å². The largest absolute Gasteiger partial charge is 0.478 e. The van der Waals surface area contributed by atoms with Gasteiger partial charge in [-0.05, 0) is 30.3 Å². The summed E-state index contributed by atoms with van der Waals surface area (Å²) in [7, 11) is 1.24. The van der Waals surface area contributed by atoms with Crippen LogP contribution in [0, 0.1) is 10.1 Å². The number of carboxylic acids is 1.